The van der Waals surface area contributed by atoms with E-state index in [2.05, 4.69) is 69.4 Å². The third-order valence-electron chi connectivity index (χ3n) is 19.7. The topological polar surface area (TPSA) is 130 Å². The third kappa shape index (κ3) is 6.08. The Morgan fingerprint density at radius 1 is 0.918 bits per heavy atom. The molecule has 334 valence electrons. The molecule has 1 aromatic heterocycles. The van der Waals surface area contributed by atoms with Gasteiger partial charge in [0, 0.05) is 48.4 Å². The number of carboxylic acids is 1. The number of rotatable bonds is 12. The van der Waals surface area contributed by atoms with Crippen molar-refractivity contribution in [2.75, 3.05) is 27.2 Å². The van der Waals surface area contributed by atoms with E-state index in [1.165, 1.54) is 11.1 Å². The number of likely N-dealkylation sites (N-methyl/N-ethyl adjacent to an activating group) is 1. The number of Topliss-reactive ketones (excluding diaryl/α,β-unsaturated/α-hetero) is 1. The second-order valence-electron chi connectivity index (χ2n) is 23.0. The number of nitrogens with zero attached hydrogens (tertiary/aromatic N) is 4. The van der Waals surface area contributed by atoms with E-state index < -0.39 is 28.6 Å². The van der Waals surface area contributed by atoms with Crippen LogP contribution in [0.2, 0.25) is 0 Å². The van der Waals surface area contributed by atoms with Gasteiger partial charge < -0.3 is 19.6 Å². The molecule has 5 saturated carbocycles. The molecule has 10 heteroatoms. The van der Waals surface area contributed by atoms with Gasteiger partial charge in [-0.15, -0.1) is 0 Å². The Labute approximate surface area is 365 Å². The third-order valence-corrected chi connectivity index (χ3v) is 19.7. The summed E-state index contributed by atoms with van der Waals surface area (Å²) >= 11 is 0. The minimum absolute atomic E-state index is 0.00490. The second-order valence-corrected chi connectivity index (χ2v) is 23.0. The van der Waals surface area contributed by atoms with Gasteiger partial charge >= 0.3 is 11.9 Å². The number of ketones is 1. The van der Waals surface area contributed by atoms with Gasteiger partial charge in [0.05, 0.1) is 24.1 Å². The van der Waals surface area contributed by atoms with Gasteiger partial charge in [0.1, 0.15) is 12.4 Å². The first-order valence-electron chi connectivity index (χ1n) is 23.7. The van der Waals surface area contributed by atoms with Crippen LogP contribution in [0.25, 0.3) is 0 Å². The Hall–Kier alpha value is -3.40. The van der Waals surface area contributed by atoms with E-state index in [1.807, 2.05) is 38.9 Å². The van der Waals surface area contributed by atoms with Crippen molar-refractivity contribution in [3.05, 3.63) is 47.1 Å². The van der Waals surface area contributed by atoms with E-state index in [1.54, 1.807) is 12.5 Å². The van der Waals surface area contributed by atoms with E-state index in [-0.39, 0.29) is 62.7 Å². The molecule has 0 aromatic carbocycles. The standard InChI is InChI=1S/C51H74N4O6/c1-12-32-26-49(9)39(61-44(60)36-25-35(43(58)59)45(36,4)5)15-17-48(8)38-14-13-34-42-41(31(2)3)37(56)27-50(42,20-18-46(34,6)47(38,7)19-21-51(32,48)49)28-40(57)55(24-23-54(10)11)29-33-16-22-52-30-53-33/h16,22,26,30-31,34-36,38-39H,12-15,17-21,23-25,27-29H2,1-11H3,(H,58,59)/t34-,35+,36-,38+,39+,46-,47-,48-,49-,50?,51+/m1/s1. The lowest BCUT2D eigenvalue weighted by atomic mass is 9.25. The van der Waals surface area contributed by atoms with Crippen molar-refractivity contribution in [3.63, 3.8) is 0 Å². The number of ether oxygens (including phenoxy) is 1. The number of allylic oxidation sites excluding steroid dienone is 3. The fourth-order valence-corrected chi connectivity index (χ4v) is 16.2. The molecule has 1 N–H and O–H groups in total. The fourth-order valence-electron chi connectivity index (χ4n) is 16.2. The first-order chi connectivity index (χ1) is 28.6. The fraction of sp³-hybridized carbons (Fsp3) is 0.765. The molecule has 0 saturated heterocycles. The van der Waals surface area contributed by atoms with E-state index in [9.17, 15) is 24.3 Å². The van der Waals surface area contributed by atoms with Crippen LogP contribution < -0.4 is 0 Å². The van der Waals surface area contributed by atoms with Crippen LogP contribution in [0.5, 0.6) is 0 Å². The van der Waals surface area contributed by atoms with Crippen LogP contribution in [0.3, 0.4) is 0 Å². The van der Waals surface area contributed by atoms with Crippen molar-refractivity contribution in [3.8, 4) is 0 Å². The summed E-state index contributed by atoms with van der Waals surface area (Å²) in [5.74, 6) is -0.844. The maximum atomic E-state index is 14.7. The zero-order valence-electron chi connectivity index (χ0n) is 39.2. The van der Waals surface area contributed by atoms with Gasteiger partial charge in [-0.3, -0.25) is 19.2 Å². The molecule has 5 fully saturated rings. The number of esters is 1. The number of carbonyl (C=O) groups is 4. The summed E-state index contributed by atoms with van der Waals surface area (Å²) in [4.78, 5) is 67.6. The Bertz CT molecular complexity index is 2040. The molecule has 1 heterocycles. The van der Waals surface area contributed by atoms with Crippen LogP contribution in [-0.4, -0.2) is 81.8 Å². The summed E-state index contributed by atoms with van der Waals surface area (Å²) < 4.78 is 6.60. The molecule has 1 spiro atoms. The predicted molar refractivity (Wildman–Crippen MR) is 235 cm³/mol. The Kier molecular flexibility index (Phi) is 10.8. The Balaban J connectivity index is 1.10. The summed E-state index contributed by atoms with van der Waals surface area (Å²) in [6.45, 7) is 22.3. The van der Waals surface area contributed by atoms with Crippen molar-refractivity contribution < 1.29 is 29.0 Å². The van der Waals surface area contributed by atoms with Crippen LogP contribution >= 0.6 is 0 Å². The lowest BCUT2D eigenvalue weighted by Gasteiger charge is -2.79. The smallest absolute Gasteiger partial charge is 0.309 e. The highest BCUT2D eigenvalue weighted by molar-refractivity contribution is 6.01. The quantitative estimate of drug-likeness (QED) is 0.162. The molecule has 0 bridgehead atoms. The van der Waals surface area contributed by atoms with Crippen LogP contribution in [-0.2, 0) is 30.5 Å². The SMILES string of the molecule is CCC1=C[C@]2(C)[C@@H](OC(=O)[C@H]3C[C@@H](C(=O)O)C3(C)C)CC[C@]3(C)[C@H]4CC[C@@H]5C6=C(C(C)C)C(=O)CC6(CC(=O)N(CCN(C)C)Cc6ccncn6)CC[C@@]5(C)[C@]4(C)CC[C@@]123. The number of aliphatic carboxylic acids is 1. The minimum atomic E-state index is -0.832. The second kappa shape index (κ2) is 14.8. The van der Waals surface area contributed by atoms with Gasteiger partial charge in [-0.1, -0.05) is 79.5 Å². The van der Waals surface area contributed by atoms with Crippen molar-refractivity contribution >= 4 is 23.6 Å². The van der Waals surface area contributed by atoms with Gasteiger partial charge in [0.25, 0.3) is 0 Å². The van der Waals surface area contributed by atoms with Gasteiger partial charge in [0.2, 0.25) is 5.91 Å². The number of hydrogen-bond acceptors (Lipinski definition) is 8. The summed E-state index contributed by atoms with van der Waals surface area (Å²) in [5, 5.41) is 9.78. The molecule has 1 amide bonds. The van der Waals surface area contributed by atoms with Crippen LogP contribution in [0.15, 0.2) is 41.4 Å². The van der Waals surface area contributed by atoms with E-state index in [0.29, 0.717) is 38.3 Å². The number of fused-ring (bicyclic) bond motifs is 6. The van der Waals surface area contributed by atoms with E-state index >= 15 is 0 Å². The molecule has 1 aromatic rings. The van der Waals surface area contributed by atoms with Crippen LogP contribution in [0.1, 0.15) is 145 Å². The van der Waals surface area contributed by atoms with Crippen molar-refractivity contribution in [2.45, 2.75) is 152 Å². The predicted octanol–water partition coefficient (Wildman–Crippen LogP) is 9.10. The lowest BCUT2D eigenvalue weighted by Crippen LogP contribution is -2.73. The molecule has 0 aliphatic heterocycles. The summed E-state index contributed by atoms with van der Waals surface area (Å²) in [7, 11) is 4.07. The maximum absolute atomic E-state index is 14.7. The Morgan fingerprint density at radius 2 is 1.64 bits per heavy atom. The monoisotopic (exact) mass is 839 g/mol. The highest BCUT2D eigenvalue weighted by Gasteiger charge is 2.78. The minimum Gasteiger partial charge on any atom is -0.481 e. The van der Waals surface area contributed by atoms with E-state index in [0.717, 1.165) is 75.6 Å². The van der Waals surface area contributed by atoms with E-state index in [4.69, 9.17) is 4.74 Å². The zero-order valence-corrected chi connectivity index (χ0v) is 39.2. The molecule has 8 rings (SSSR count). The molecule has 61 heavy (non-hydrogen) atoms. The molecule has 1 unspecified atom stereocenters. The largest absolute Gasteiger partial charge is 0.481 e. The number of carboxylic acid groups (broad SMARTS) is 1. The average molecular weight is 839 g/mol. The zero-order chi connectivity index (χ0) is 44.3. The molecule has 7 aliphatic carbocycles. The summed E-state index contributed by atoms with van der Waals surface area (Å²) in [5.41, 5.74) is 3.17. The molecule has 10 nitrogen and oxygen atoms in total. The summed E-state index contributed by atoms with van der Waals surface area (Å²) in [6, 6.07) is 1.88. The van der Waals surface area contributed by atoms with Gasteiger partial charge in [-0.25, -0.2) is 9.97 Å². The number of carbonyl (C=O) groups excluding carboxylic acids is 3. The van der Waals surface area contributed by atoms with Gasteiger partial charge in [-0.2, -0.15) is 0 Å². The average Bonchev–Trinajstić information content (AvgIpc) is 3.48. The number of aromatic nitrogens is 2. The maximum Gasteiger partial charge on any atom is 0.309 e. The van der Waals surface area contributed by atoms with Crippen molar-refractivity contribution in [1.29, 1.82) is 0 Å². The molecule has 7 aliphatic rings. The van der Waals surface area contributed by atoms with Gasteiger partial charge in [-0.05, 0) is 129 Å². The Morgan fingerprint density at radius 3 is 2.26 bits per heavy atom. The molecular weight excluding hydrogens is 765 g/mol. The molecule has 0 radical (unpaired) electrons. The number of amides is 1. The summed E-state index contributed by atoms with van der Waals surface area (Å²) in [6.07, 6.45) is 15.5. The highest BCUT2D eigenvalue weighted by Crippen LogP contribution is 2.84. The van der Waals surface area contributed by atoms with Crippen molar-refractivity contribution in [1.82, 2.24) is 19.8 Å². The highest BCUT2D eigenvalue weighted by atomic mass is 16.5. The van der Waals surface area contributed by atoms with Gasteiger partial charge in [0.15, 0.2) is 5.78 Å². The van der Waals surface area contributed by atoms with Crippen LogP contribution in [0, 0.1) is 67.5 Å². The number of hydrogen-bond donors (Lipinski definition) is 1. The first-order valence-corrected chi connectivity index (χ1v) is 23.7. The molecular formula is C51H74N4O6. The first kappa shape index (κ1) is 44.2. The molecule has 11 atom stereocenters. The normalized spacial score (nSPS) is 40.7. The lowest BCUT2D eigenvalue weighted by molar-refractivity contribution is -0.271. The van der Waals surface area contributed by atoms with Crippen molar-refractivity contribution in [2.24, 2.45) is 67.5 Å². The van der Waals surface area contributed by atoms with Crippen LogP contribution in [0.4, 0.5) is 0 Å².